The van der Waals surface area contributed by atoms with Gasteiger partial charge in [-0.1, -0.05) is 42.5 Å². The highest BCUT2D eigenvalue weighted by Gasteiger charge is 2.08. The Hall–Kier alpha value is -3.28. The van der Waals surface area contributed by atoms with Gasteiger partial charge in [-0.25, -0.2) is 0 Å². The maximum atomic E-state index is 5.82. The summed E-state index contributed by atoms with van der Waals surface area (Å²) in [5, 5.41) is 7.40. The Balaban J connectivity index is 2.11. The minimum absolute atomic E-state index is 0.109. The molecule has 0 bridgehead atoms. The van der Waals surface area contributed by atoms with Crippen LogP contribution in [0.3, 0.4) is 0 Å². The zero-order valence-corrected chi connectivity index (χ0v) is 13.4. The molecule has 2 rings (SSSR count). The normalized spacial score (nSPS) is 10.9. The first-order valence-electron chi connectivity index (χ1n) is 7.34. The second-order valence-corrected chi connectivity index (χ2v) is 4.77. The number of hydrogen-bond acceptors (Lipinski definition) is 4. The van der Waals surface area contributed by atoms with Crippen molar-refractivity contribution < 1.29 is 9.47 Å². The summed E-state index contributed by atoms with van der Waals surface area (Å²) < 4.78 is 11.2. The molecule has 0 aliphatic heterocycles. The third-order valence-corrected chi connectivity index (χ3v) is 3.03. The van der Waals surface area contributed by atoms with Crippen molar-refractivity contribution in [2.24, 2.45) is 21.7 Å². The summed E-state index contributed by atoms with van der Waals surface area (Å²) in [6.07, 6.45) is 5.43. The summed E-state index contributed by atoms with van der Waals surface area (Å²) in [5.41, 5.74) is 12.3. The molecule has 0 atom stereocenters. The molecule has 0 aromatic heterocycles. The number of benzene rings is 2. The Morgan fingerprint density at radius 3 is 2.58 bits per heavy atom. The van der Waals surface area contributed by atoms with E-state index in [1.807, 2.05) is 60.7 Å². The topological polar surface area (TPSA) is 95.2 Å². The van der Waals surface area contributed by atoms with Gasteiger partial charge in [-0.2, -0.15) is 5.10 Å². The Morgan fingerprint density at radius 1 is 1.08 bits per heavy atom. The van der Waals surface area contributed by atoms with Crippen LogP contribution in [0, 0.1) is 0 Å². The van der Waals surface area contributed by atoms with E-state index in [9.17, 15) is 0 Å². The highest BCUT2D eigenvalue weighted by atomic mass is 16.5. The molecule has 6 nitrogen and oxygen atoms in total. The summed E-state index contributed by atoms with van der Waals surface area (Å²) in [7, 11) is 1.58. The second kappa shape index (κ2) is 8.99. The van der Waals surface area contributed by atoms with Gasteiger partial charge in [0.05, 0.1) is 13.3 Å². The van der Waals surface area contributed by atoms with Crippen molar-refractivity contribution in [3.63, 3.8) is 0 Å². The van der Waals surface area contributed by atoms with Gasteiger partial charge in [-0.15, -0.1) is 5.10 Å². The molecule has 2 aromatic rings. The molecular weight excluding hydrogens is 304 g/mol. The van der Waals surface area contributed by atoms with Gasteiger partial charge in [0, 0.05) is 5.56 Å². The highest BCUT2D eigenvalue weighted by molar-refractivity contribution is 5.86. The van der Waals surface area contributed by atoms with Crippen LogP contribution in [-0.2, 0) is 0 Å². The van der Waals surface area contributed by atoms with Gasteiger partial charge in [-0.05, 0) is 23.8 Å². The number of hydrogen-bond donors (Lipinski definition) is 2. The lowest BCUT2D eigenvalue weighted by atomic mass is 10.2. The standard InChI is InChI=1S/C18H20N4O2/c1-23-16-11-5-10-15(13-21-22-18(19)20)17(16)24-12-6-9-14-7-3-2-4-8-14/h2-11,13H,12H2,1H3,(H4,19,20,22). The molecule has 0 heterocycles. The van der Waals surface area contributed by atoms with Crippen molar-refractivity contribution in [1.29, 1.82) is 0 Å². The van der Waals surface area contributed by atoms with Crippen LogP contribution in [0.1, 0.15) is 11.1 Å². The van der Waals surface area contributed by atoms with Crippen LogP contribution in [-0.4, -0.2) is 25.9 Å². The molecule has 0 fully saturated rings. The maximum Gasteiger partial charge on any atom is 0.211 e. The molecule has 4 N–H and O–H groups in total. The average Bonchev–Trinajstić information content (AvgIpc) is 2.60. The predicted octanol–water partition coefficient (Wildman–Crippen LogP) is 2.39. The van der Waals surface area contributed by atoms with Crippen LogP contribution in [0.25, 0.3) is 6.08 Å². The maximum absolute atomic E-state index is 5.82. The van der Waals surface area contributed by atoms with E-state index >= 15 is 0 Å². The van der Waals surface area contributed by atoms with E-state index in [1.165, 1.54) is 6.21 Å². The Kier molecular flexibility index (Phi) is 6.40. The predicted molar refractivity (Wildman–Crippen MR) is 97.4 cm³/mol. The van der Waals surface area contributed by atoms with Crippen molar-refractivity contribution >= 4 is 18.3 Å². The van der Waals surface area contributed by atoms with Gasteiger partial charge < -0.3 is 20.9 Å². The van der Waals surface area contributed by atoms with Gasteiger partial charge in [0.2, 0.25) is 5.96 Å². The van der Waals surface area contributed by atoms with E-state index in [1.54, 1.807) is 7.11 Å². The van der Waals surface area contributed by atoms with Crippen LogP contribution in [0.5, 0.6) is 11.5 Å². The fraction of sp³-hybridized carbons (Fsp3) is 0.111. The summed E-state index contributed by atoms with van der Waals surface area (Å²) >= 11 is 0. The first-order valence-corrected chi connectivity index (χ1v) is 7.34. The van der Waals surface area contributed by atoms with Gasteiger partial charge in [0.1, 0.15) is 6.61 Å². The van der Waals surface area contributed by atoms with E-state index in [4.69, 9.17) is 20.9 Å². The average molecular weight is 324 g/mol. The van der Waals surface area contributed by atoms with Crippen LogP contribution in [0.4, 0.5) is 0 Å². The first kappa shape index (κ1) is 17.1. The molecule has 0 aliphatic carbocycles. The second-order valence-electron chi connectivity index (χ2n) is 4.77. The van der Waals surface area contributed by atoms with Crippen molar-refractivity contribution in [1.82, 2.24) is 0 Å². The fourth-order valence-electron chi connectivity index (χ4n) is 1.99. The summed E-state index contributed by atoms with van der Waals surface area (Å²) in [5.74, 6) is 1.08. The Labute approximate surface area is 141 Å². The SMILES string of the molecule is COc1cccc(C=NN=C(N)N)c1OCC=Cc1ccccc1. The molecule has 0 aliphatic rings. The monoisotopic (exact) mass is 324 g/mol. The van der Waals surface area contributed by atoms with Gasteiger partial charge >= 0.3 is 0 Å². The molecular formula is C18H20N4O2. The van der Waals surface area contributed by atoms with E-state index in [0.29, 0.717) is 23.7 Å². The van der Waals surface area contributed by atoms with Crippen LogP contribution in [0.15, 0.2) is 64.8 Å². The fourth-order valence-corrected chi connectivity index (χ4v) is 1.99. The lowest BCUT2D eigenvalue weighted by Crippen LogP contribution is -2.21. The summed E-state index contributed by atoms with van der Waals surface area (Å²) in [6.45, 7) is 0.387. The van der Waals surface area contributed by atoms with Gasteiger partial charge in [0.15, 0.2) is 11.5 Å². The number of nitrogens with zero attached hydrogens (tertiary/aromatic N) is 2. The van der Waals surface area contributed by atoms with E-state index < -0.39 is 0 Å². The van der Waals surface area contributed by atoms with Crippen LogP contribution >= 0.6 is 0 Å². The zero-order chi connectivity index (χ0) is 17.2. The molecule has 124 valence electrons. The molecule has 6 heteroatoms. The molecule has 2 aromatic carbocycles. The number of nitrogens with two attached hydrogens (primary N) is 2. The minimum atomic E-state index is -0.109. The van der Waals surface area contributed by atoms with Crippen molar-refractivity contribution in [2.75, 3.05) is 13.7 Å². The molecule has 0 saturated carbocycles. The first-order chi connectivity index (χ1) is 11.7. The third kappa shape index (κ3) is 5.17. The van der Waals surface area contributed by atoms with Crippen LogP contribution < -0.4 is 20.9 Å². The molecule has 24 heavy (non-hydrogen) atoms. The summed E-state index contributed by atoms with van der Waals surface area (Å²) in [4.78, 5) is 0. The van der Waals surface area contributed by atoms with Crippen molar-refractivity contribution in [3.8, 4) is 11.5 Å². The number of methoxy groups -OCH3 is 1. The molecule has 0 radical (unpaired) electrons. The lowest BCUT2D eigenvalue weighted by molar-refractivity contribution is 0.326. The smallest absolute Gasteiger partial charge is 0.211 e. The molecule has 0 spiro atoms. The molecule has 0 saturated heterocycles. The summed E-state index contributed by atoms with van der Waals surface area (Å²) in [6, 6.07) is 15.5. The minimum Gasteiger partial charge on any atom is -0.493 e. The van der Waals surface area contributed by atoms with E-state index in [-0.39, 0.29) is 5.96 Å². The quantitative estimate of drug-likeness (QED) is 0.464. The Morgan fingerprint density at radius 2 is 1.88 bits per heavy atom. The number of ether oxygens (including phenoxy) is 2. The zero-order valence-electron chi connectivity index (χ0n) is 13.4. The van der Waals surface area contributed by atoms with E-state index in [0.717, 1.165) is 5.56 Å². The molecule has 0 amide bonds. The van der Waals surface area contributed by atoms with Crippen molar-refractivity contribution in [3.05, 3.63) is 65.7 Å². The van der Waals surface area contributed by atoms with E-state index in [2.05, 4.69) is 10.2 Å². The highest BCUT2D eigenvalue weighted by Crippen LogP contribution is 2.30. The van der Waals surface area contributed by atoms with Gasteiger partial charge in [0.25, 0.3) is 0 Å². The number of para-hydroxylation sites is 1. The third-order valence-electron chi connectivity index (χ3n) is 3.03. The van der Waals surface area contributed by atoms with Gasteiger partial charge in [-0.3, -0.25) is 0 Å². The number of guanidine groups is 1. The lowest BCUT2D eigenvalue weighted by Gasteiger charge is -2.11. The number of rotatable bonds is 7. The van der Waals surface area contributed by atoms with Crippen molar-refractivity contribution in [2.45, 2.75) is 0 Å². The largest absolute Gasteiger partial charge is 0.493 e. The van der Waals surface area contributed by atoms with Crippen LogP contribution in [0.2, 0.25) is 0 Å². The Bertz CT molecular complexity index is 736. The molecule has 0 unspecified atom stereocenters.